The van der Waals surface area contributed by atoms with Crippen LogP contribution < -0.4 is 10.6 Å². The number of piperidine rings is 1. The fourth-order valence-corrected chi connectivity index (χ4v) is 3.17. The molecular weight excluding hydrogens is 214 g/mol. The van der Waals surface area contributed by atoms with Gasteiger partial charge in [0.15, 0.2) is 0 Å². The molecule has 0 aromatic heterocycles. The Morgan fingerprint density at radius 2 is 2.29 bits per heavy atom. The standard InChI is InChI=1S/C13H25N3O/c1-14-8-6-13(17)16-9-3-4-11-10-15-7-2-5-12(11)16/h11-12,14-15H,2-10H2,1H3. The van der Waals surface area contributed by atoms with Gasteiger partial charge in [0.1, 0.15) is 0 Å². The Bertz CT molecular complexity index is 257. The van der Waals surface area contributed by atoms with Crippen LogP contribution >= 0.6 is 0 Å². The molecule has 0 spiro atoms. The van der Waals surface area contributed by atoms with E-state index < -0.39 is 0 Å². The summed E-state index contributed by atoms with van der Waals surface area (Å²) in [4.78, 5) is 14.4. The summed E-state index contributed by atoms with van der Waals surface area (Å²) in [6.07, 6.45) is 5.49. The molecule has 2 heterocycles. The smallest absolute Gasteiger partial charge is 0.224 e. The van der Waals surface area contributed by atoms with Crippen LogP contribution in [-0.4, -0.2) is 50.1 Å². The highest BCUT2D eigenvalue weighted by Crippen LogP contribution is 2.28. The molecule has 0 aromatic carbocycles. The molecule has 2 aliphatic heterocycles. The van der Waals surface area contributed by atoms with Crippen molar-refractivity contribution in [3.8, 4) is 0 Å². The van der Waals surface area contributed by atoms with Crippen molar-refractivity contribution in [1.82, 2.24) is 15.5 Å². The van der Waals surface area contributed by atoms with Gasteiger partial charge in [0.2, 0.25) is 5.91 Å². The van der Waals surface area contributed by atoms with Gasteiger partial charge in [-0.05, 0) is 51.7 Å². The van der Waals surface area contributed by atoms with Gasteiger partial charge in [-0.2, -0.15) is 0 Å². The van der Waals surface area contributed by atoms with Crippen LogP contribution in [0.25, 0.3) is 0 Å². The molecular formula is C13H25N3O. The number of nitrogens with zero attached hydrogens (tertiary/aromatic N) is 1. The van der Waals surface area contributed by atoms with Crippen molar-refractivity contribution in [2.75, 3.05) is 33.2 Å². The second-order valence-corrected chi connectivity index (χ2v) is 5.26. The van der Waals surface area contributed by atoms with E-state index >= 15 is 0 Å². The SMILES string of the molecule is CNCCC(=O)N1CCCC2CNCCCC21. The van der Waals surface area contributed by atoms with E-state index in [1.165, 1.54) is 25.7 Å². The first-order valence-electron chi connectivity index (χ1n) is 6.97. The lowest BCUT2D eigenvalue weighted by atomic mass is 9.87. The fraction of sp³-hybridized carbons (Fsp3) is 0.923. The number of likely N-dealkylation sites (tertiary alicyclic amines) is 1. The molecule has 2 rings (SSSR count). The number of rotatable bonds is 3. The lowest BCUT2D eigenvalue weighted by Crippen LogP contribution is -2.50. The monoisotopic (exact) mass is 239 g/mol. The van der Waals surface area contributed by atoms with Gasteiger partial charge in [-0.15, -0.1) is 0 Å². The van der Waals surface area contributed by atoms with E-state index in [1.54, 1.807) is 0 Å². The Morgan fingerprint density at radius 1 is 1.41 bits per heavy atom. The number of hydrogen-bond acceptors (Lipinski definition) is 3. The third-order valence-electron chi connectivity index (χ3n) is 4.09. The molecule has 2 saturated heterocycles. The molecule has 4 nitrogen and oxygen atoms in total. The molecule has 2 unspecified atom stereocenters. The molecule has 98 valence electrons. The molecule has 2 aliphatic rings. The minimum absolute atomic E-state index is 0.343. The molecule has 4 heteroatoms. The Balaban J connectivity index is 1.97. The summed E-state index contributed by atoms with van der Waals surface area (Å²) in [5.41, 5.74) is 0. The molecule has 0 aromatic rings. The van der Waals surface area contributed by atoms with Crippen molar-refractivity contribution in [2.24, 2.45) is 5.92 Å². The van der Waals surface area contributed by atoms with E-state index in [9.17, 15) is 4.79 Å². The van der Waals surface area contributed by atoms with Gasteiger partial charge in [0.25, 0.3) is 0 Å². The fourth-order valence-electron chi connectivity index (χ4n) is 3.17. The zero-order valence-electron chi connectivity index (χ0n) is 10.9. The summed E-state index contributed by atoms with van der Waals surface area (Å²) in [7, 11) is 1.90. The van der Waals surface area contributed by atoms with Gasteiger partial charge in [-0.3, -0.25) is 4.79 Å². The lowest BCUT2D eigenvalue weighted by molar-refractivity contribution is -0.136. The molecule has 0 bridgehead atoms. The maximum Gasteiger partial charge on any atom is 0.224 e. The van der Waals surface area contributed by atoms with Crippen molar-refractivity contribution in [3.63, 3.8) is 0 Å². The number of amides is 1. The predicted molar refractivity (Wildman–Crippen MR) is 68.9 cm³/mol. The highest BCUT2D eigenvalue weighted by Gasteiger charge is 2.34. The Kier molecular flexibility index (Phi) is 4.80. The van der Waals surface area contributed by atoms with Gasteiger partial charge in [0, 0.05) is 25.6 Å². The first-order valence-corrected chi connectivity index (χ1v) is 6.97. The third kappa shape index (κ3) is 3.19. The molecule has 1 amide bonds. The maximum absolute atomic E-state index is 12.2. The van der Waals surface area contributed by atoms with E-state index in [-0.39, 0.29) is 0 Å². The quantitative estimate of drug-likeness (QED) is 0.757. The van der Waals surface area contributed by atoms with Crippen LogP contribution in [0.3, 0.4) is 0 Å². The molecule has 0 radical (unpaired) electrons. The summed E-state index contributed by atoms with van der Waals surface area (Å²) in [6.45, 7) is 3.99. The highest BCUT2D eigenvalue weighted by molar-refractivity contribution is 5.76. The average Bonchev–Trinajstić information content (AvgIpc) is 2.60. The van der Waals surface area contributed by atoms with Gasteiger partial charge >= 0.3 is 0 Å². The number of fused-ring (bicyclic) bond motifs is 1. The average molecular weight is 239 g/mol. The van der Waals surface area contributed by atoms with Crippen molar-refractivity contribution in [1.29, 1.82) is 0 Å². The van der Waals surface area contributed by atoms with E-state index in [0.29, 0.717) is 24.3 Å². The van der Waals surface area contributed by atoms with Crippen molar-refractivity contribution in [3.05, 3.63) is 0 Å². The van der Waals surface area contributed by atoms with Crippen LogP contribution in [0.1, 0.15) is 32.1 Å². The maximum atomic E-state index is 12.2. The molecule has 17 heavy (non-hydrogen) atoms. The van der Waals surface area contributed by atoms with Crippen LogP contribution in [0.5, 0.6) is 0 Å². The van der Waals surface area contributed by atoms with Crippen LogP contribution in [0.2, 0.25) is 0 Å². The lowest BCUT2D eigenvalue weighted by Gasteiger charge is -2.40. The van der Waals surface area contributed by atoms with Gasteiger partial charge in [-0.25, -0.2) is 0 Å². The summed E-state index contributed by atoms with van der Waals surface area (Å²) in [5.74, 6) is 1.03. The summed E-state index contributed by atoms with van der Waals surface area (Å²) >= 11 is 0. The molecule has 0 aliphatic carbocycles. The van der Waals surface area contributed by atoms with Crippen LogP contribution in [0, 0.1) is 5.92 Å². The highest BCUT2D eigenvalue weighted by atomic mass is 16.2. The summed E-state index contributed by atoms with van der Waals surface area (Å²) in [5, 5.41) is 6.56. The predicted octanol–water partition coefficient (Wildman–Crippen LogP) is 0.587. The van der Waals surface area contributed by atoms with E-state index in [0.717, 1.165) is 26.2 Å². The second kappa shape index (κ2) is 6.36. The van der Waals surface area contributed by atoms with Gasteiger partial charge in [0.05, 0.1) is 0 Å². The van der Waals surface area contributed by atoms with Crippen molar-refractivity contribution in [2.45, 2.75) is 38.1 Å². The largest absolute Gasteiger partial charge is 0.339 e. The van der Waals surface area contributed by atoms with Gasteiger partial charge < -0.3 is 15.5 Å². The van der Waals surface area contributed by atoms with Crippen LogP contribution in [0.15, 0.2) is 0 Å². The molecule has 2 fully saturated rings. The third-order valence-corrected chi connectivity index (χ3v) is 4.09. The van der Waals surface area contributed by atoms with Gasteiger partial charge in [-0.1, -0.05) is 0 Å². The Hall–Kier alpha value is -0.610. The Labute approximate surface area is 104 Å². The number of nitrogens with one attached hydrogen (secondary N) is 2. The Morgan fingerprint density at radius 3 is 3.12 bits per heavy atom. The van der Waals surface area contributed by atoms with E-state index in [1.807, 2.05) is 7.05 Å². The molecule has 2 atom stereocenters. The minimum atomic E-state index is 0.343. The van der Waals surface area contributed by atoms with Crippen molar-refractivity contribution >= 4 is 5.91 Å². The zero-order chi connectivity index (χ0) is 12.1. The zero-order valence-corrected chi connectivity index (χ0v) is 10.9. The molecule has 2 N–H and O–H groups in total. The first kappa shape index (κ1) is 12.8. The summed E-state index contributed by atoms with van der Waals surface area (Å²) < 4.78 is 0. The van der Waals surface area contributed by atoms with Crippen LogP contribution in [-0.2, 0) is 4.79 Å². The van der Waals surface area contributed by atoms with Crippen molar-refractivity contribution < 1.29 is 4.79 Å². The van der Waals surface area contributed by atoms with E-state index in [2.05, 4.69) is 15.5 Å². The first-order chi connectivity index (χ1) is 8.33. The van der Waals surface area contributed by atoms with Crippen LogP contribution in [0.4, 0.5) is 0 Å². The number of carbonyl (C=O) groups excluding carboxylic acids is 1. The second-order valence-electron chi connectivity index (χ2n) is 5.26. The normalized spacial score (nSPS) is 29.6. The number of carbonyl (C=O) groups is 1. The number of hydrogen-bond donors (Lipinski definition) is 2. The summed E-state index contributed by atoms with van der Waals surface area (Å²) in [6, 6.07) is 0.503. The topological polar surface area (TPSA) is 44.4 Å². The molecule has 0 saturated carbocycles. The minimum Gasteiger partial charge on any atom is -0.339 e. The van der Waals surface area contributed by atoms with E-state index in [4.69, 9.17) is 0 Å².